The average molecular weight is 260 g/mol. The third-order valence-electron chi connectivity index (χ3n) is 2.67. The SMILES string of the molecule is CCn1ncc(Br)c1C1(O)CCNC1. The van der Waals surface area contributed by atoms with Gasteiger partial charge in [0.05, 0.1) is 16.4 Å². The van der Waals surface area contributed by atoms with Gasteiger partial charge in [-0.25, -0.2) is 0 Å². The zero-order valence-electron chi connectivity index (χ0n) is 8.13. The van der Waals surface area contributed by atoms with Crippen molar-refractivity contribution in [2.45, 2.75) is 25.5 Å². The van der Waals surface area contributed by atoms with Crippen LogP contribution in [0.3, 0.4) is 0 Å². The fraction of sp³-hybridized carbons (Fsp3) is 0.667. The van der Waals surface area contributed by atoms with Crippen molar-refractivity contribution in [3.05, 3.63) is 16.4 Å². The van der Waals surface area contributed by atoms with Crippen LogP contribution < -0.4 is 5.32 Å². The summed E-state index contributed by atoms with van der Waals surface area (Å²) in [5.74, 6) is 0. The molecule has 0 aliphatic carbocycles. The number of nitrogens with zero attached hydrogens (tertiary/aromatic N) is 2. The van der Waals surface area contributed by atoms with Crippen LogP contribution in [0.15, 0.2) is 10.7 Å². The molecule has 0 bridgehead atoms. The molecule has 2 heterocycles. The lowest BCUT2D eigenvalue weighted by molar-refractivity contribution is 0.0484. The van der Waals surface area contributed by atoms with E-state index in [0.717, 1.165) is 29.7 Å². The second-order valence-corrected chi connectivity index (χ2v) is 4.47. The number of halogens is 1. The molecule has 2 rings (SSSR count). The normalized spacial score (nSPS) is 27.1. The summed E-state index contributed by atoms with van der Waals surface area (Å²) in [4.78, 5) is 0. The monoisotopic (exact) mass is 259 g/mol. The van der Waals surface area contributed by atoms with E-state index in [9.17, 15) is 5.11 Å². The molecular formula is C9H14BrN3O. The maximum Gasteiger partial charge on any atom is 0.121 e. The molecule has 0 radical (unpaired) electrons. The summed E-state index contributed by atoms with van der Waals surface area (Å²) in [5.41, 5.74) is 0.135. The van der Waals surface area contributed by atoms with Crippen molar-refractivity contribution in [2.24, 2.45) is 0 Å². The minimum Gasteiger partial charge on any atom is -0.382 e. The van der Waals surface area contributed by atoms with Gasteiger partial charge in [-0.3, -0.25) is 4.68 Å². The van der Waals surface area contributed by atoms with Crippen LogP contribution in [-0.2, 0) is 12.1 Å². The van der Waals surface area contributed by atoms with Gasteiger partial charge in [-0.1, -0.05) is 0 Å². The number of β-amino-alcohol motifs (C(OH)–C–C–N with tert-alkyl or cyclic N) is 1. The first-order chi connectivity index (χ1) is 6.67. The van der Waals surface area contributed by atoms with Gasteiger partial charge in [0.25, 0.3) is 0 Å². The van der Waals surface area contributed by atoms with E-state index in [1.807, 2.05) is 11.6 Å². The second-order valence-electron chi connectivity index (χ2n) is 3.62. The van der Waals surface area contributed by atoms with Crippen LogP contribution >= 0.6 is 15.9 Å². The number of rotatable bonds is 2. The van der Waals surface area contributed by atoms with Gasteiger partial charge in [-0.2, -0.15) is 5.10 Å². The lowest BCUT2D eigenvalue weighted by Crippen LogP contribution is -2.31. The summed E-state index contributed by atoms with van der Waals surface area (Å²) in [6, 6.07) is 0. The Bertz CT molecular complexity index is 331. The zero-order valence-corrected chi connectivity index (χ0v) is 9.71. The topological polar surface area (TPSA) is 50.1 Å². The predicted octanol–water partition coefficient (Wildman–Crippen LogP) is 0.846. The fourth-order valence-corrected chi connectivity index (χ4v) is 2.61. The molecule has 5 heteroatoms. The largest absolute Gasteiger partial charge is 0.382 e. The Balaban J connectivity index is 2.42. The van der Waals surface area contributed by atoms with Gasteiger partial charge in [0, 0.05) is 13.1 Å². The van der Waals surface area contributed by atoms with Crippen LogP contribution in [0.2, 0.25) is 0 Å². The third-order valence-corrected chi connectivity index (χ3v) is 3.25. The van der Waals surface area contributed by atoms with Crippen LogP contribution in [-0.4, -0.2) is 28.0 Å². The molecule has 1 unspecified atom stereocenters. The maximum absolute atomic E-state index is 10.4. The molecule has 78 valence electrons. The molecule has 0 aromatic carbocycles. The van der Waals surface area contributed by atoms with Crippen molar-refractivity contribution in [1.82, 2.24) is 15.1 Å². The molecule has 4 nitrogen and oxygen atoms in total. The summed E-state index contributed by atoms with van der Waals surface area (Å²) in [5, 5.41) is 17.8. The Labute approximate surface area is 91.4 Å². The quantitative estimate of drug-likeness (QED) is 0.828. The van der Waals surface area contributed by atoms with Crippen LogP contribution in [0.5, 0.6) is 0 Å². The smallest absolute Gasteiger partial charge is 0.121 e. The van der Waals surface area contributed by atoms with E-state index in [1.165, 1.54) is 0 Å². The van der Waals surface area contributed by atoms with Crippen molar-refractivity contribution in [1.29, 1.82) is 0 Å². The van der Waals surface area contributed by atoms with Crippen LogP contribution in [0.1, 0.15) is 19.0 Å². The van der Waals surface area contributed by atoms with Gasteiger partial charge >= 0.3 is 0 Å². The molecule has 0 spiro atoms. The molecule has 1 aliphatic rings. The van der Waals surface area contributed by atoms with E-state index >= 15 is 0 Å². The fourth-order valence-electron chi connectivity index (χ4n) is 1.95. The Morgan fingerprint density at radius 2 is 2.57 bits per heavy atom. The molecule has 14 heavy (non-hydrogen) atoms. The Morgan fingerprint density at radius 3 is 3.14 bits per heavy atom. The van der Waals surface area contributed by atoms with Gasteiger partial charge in [-0.15, -0.1) is 0 Å². The number of aromatic nitrogens is 2. The number of aliphatic hydroxyl groups is 1. The highest BCUT2D eigenvalue weighted by atomic mass is 79.9. The highest BCUT2D eigenvalue weighted by molar-refractivity contribution is 9.10. The first-order valence-corrected chi connectivity index (χ1v) is 5.61. The van der Waals surface area contributed by atoms with E-state index in [-0.39, 0.29) is 0 Å². The Morgan fingerprint density at radius 1 is 1.79 bits per heavy atom. The Kier molecular flexibility index (Phi) is 2.64. The molecule has 1 fully saturated rings. The first kappa shape index (κ1) is 10.1. The number of aryl methyl sites for hydroxylation is 1. The van der Waals surface area contributed by atoms with E-state index in [1.54, 1.807) is 6.20 Å². The average Bonchev–Trinajstić information content (AvgIpc) is 2.73. The highest BCUT2D eigenvalue weighted by Gasteiger charge is 2.37. The van der Waals surface area contributed by atoms with E-state index in [0.29, 0.717) is 6.54 Å². The number of nitrogens with one attached hydrogen (secondary N) is 1. The number of hydrogen-bond donors (Lipinski definition) is 2. The van der Waals surface area contributed by atoms with Gasteiger partial charge in [0.1, 0.15) is 5.60 Å². The van der Waals surface area contributed by atoms with E-state index < -0.39 is 5.60 Å². The van der Waals surface area contributed by atoms with Crippen molar-refractivity contribution in [3.8, 4) is 0 Å². The van der Waals surface area contributed by atoms with Gasteiger partial charge in [-0.05, 0) is 35.8 Å². The van der Waals surface area contributed by atoms with Crippen molar-refractivity contribution in [2.75, 3.05) is 13.1 Å². The lowest BCUT2D eigenvalue weighted by Gasteiger charge is -2.22. The van der Waals surface area contributed by atoms with Crippen LogP contribution in [0.4, 0.5) is 0 Å². The molecule has 1 aromatic rings. The van der Waals surface area contributed by atoms with Crippen molar-refractivity contribution < 1.29 is 5.11 Å². The minimum atomic E-state index is -0.759. The second kappa shape index (κ2) is 3.64. The third kappa shape index (κ3) is 1.49. The molecule has 1 aliphatic heterocycles. The zero-order chi connectivity index (χ0) is 10.2. The summed E-state index contributed by atoms with van der Waals surface area (Å²) in [7, 11) is 0. The van der Waals surface area contributed by atoms with Gasteiger partial charge in [0.2, 0.25) is 0 Å². The number of hydrogen-bond acceptors (Lipinski definition) is 3. The molecule has 0 amide bonds. The Hall–Kier alpha value is -0.390. The lowest BCUT2D eigenvalue weighted by atomic mass is 9.99. The van der Waals surface area contributed by atoms with Crippen molar-refractivity contribution >= 4 is 15.9 Å². The van der Waals surface area contributed by atoms with Gasteiger partial charge in [0.15, 0.2) is 0 Å². The van der Waals surface area contributed by atoms with E-state index in [4.69, 9.17) is 0 Å². The molecule has 2 N–H and O–H groups in total. The van der Waals surface area contributed by atoms with E-state index in [2.05, 4.69) is 26.3 Å². The highest BCUT2D eigenvalue weighted by Crippen LogP contribution is 2.32. The standard InChI is InChI=1S/C9H14BrN3O/c1-2-13-8(7(10)5-12-13)9(14)3-4-11-6-9/h5,11,14H,2-4,6H2,1H3. The minimum absolute atomic E-state index is 0.608. The van der Waals surface area contributed by atoms with Crippen LogP contribution in [0, 0.1) is 0 Å². The summed E-state index contributed by atoms with van der Waals surface area (Å²) >= 11 is 3.43. The molecule has 1 saturated heterocycles. The summed E-state index contributed by atoms with van der Waals surface area (Å²) < 4.78 is 2.74. The summed E-state index contributed by atoms with van der Waals surface area (Å²) in [6.07, 6.45) is 2.49. The molecule has 1 aromatic heterocycles. The van der Waals surface area contributed by atoms with Crippen LogP contribution in [0.25, 0.3) is 0 Å². The first-order valence-electron chi connectivity index (χ1n) is 4.82. The summed E-state index contributed by atoms with van der Waals surface area (Å²) in [6.45, 7) is 4.27. The maximum atomic E-state index is 10.4. The molecular weight excluding hydrogens is 246 g/mol. The molecule has 0 saturated carbocycles. The van der Waals surface area contributed by atoms with Gasteiger partial charge < -0.3 is 10.4 Å². The predicted molar refractivity (Wildman–Crippen MR) is 57.0 cm³/mol. The van der Waals surface area contributed by atoms with Crippen molar-refractivity contribution in [3.63, 3.8) is 0 Å². The molecule has 1 atom stereocenters.